The topological polar surface area (TPSA) is 85.8 Å². The largest absolute Gasteiger partial charge is 0.381 e. The van der Waals surface area contributed by atoms with Gasteiger partial charge in [0.1, 0.15) is 6.54 Å². The minimum atomic E-state index is -0.310. The van der Waals surface area contributed by atoms with Crippen molar-refractivity contribution in [2.75, 3.05) is 11.1 Å². The number of hydrogen-bond donors (Lipinski definition) is 2. The Morgan fingerprint density at radius 2 is 2.22 bits per heavy atom. The highest BCUT2D eigenvalue weighted by atomic mass is 35.5. The number of halogens is 2. The predicted octanol–water partition coefficient (Wildman–Crippen LogP) is 1.81. The molecule has 0 bridgehead atoms. The Hall–Kier alpha value is -1.79. The first kappa shape index (κ1) is 12.7. The molecule has 1 aromatic carbocycles. The molecule has 0 radical (unpaired) electrons. The SMILES string of the molecule is Nc1cnn(CC(=O)Nc2ccc(Cl)cc2Cl)n1. The van der Waals surface area contributed by atoms with Crippen LogP contribution in [0.1, 0.15) is 0 Å². The van der Waals surface area contributed by atoms with Crippen LogP contribution < -0.4 is 11.1 Å². The standard InChI is InChI=1S/C10H9Cl2N5O/c11-6-1-2-8(7(12)3-6)15-10(18)5-17-14-4-9(13)16-17/h1-4H,5H2,(H2,13,16)(H,15,18). The highest BCUT2D eigenvalue weighted by molar-refractivity contribution is 6.36. The quantitative estimate of drug-likeness (QED) is 0.901. The zero-order valence-electron chi connectivity index (χ0n) is 9.10. The third kappa shape index (κ3) is 3.12. The van der Waals surface area contributed by atoms with Crippen LogP contribution in [0.25, 0.3) is 0 Å². The van der Waals surface area contributed by atoms with Crippen molar-refractivity contribution in [1.82, 2.24) is 15.0 Å². The van der Waals surface area contributed by atoms with Gasteiger partial charge in [-0.05, 0) is 18.2 Å². The third-order valence-electron chi connectivity index (χ3n) is 2.04. The van der Waals surface area contributed by atoms with Crippen LogP contribution in [0.3, 0.4) is 0 Å². The minimum Gasteiger partial charge on any atom is -0.381 e. The maximum absolute atomic E-state index is 11.7. The maximum atomic E-state index is 11.7. The Kier molecular flexibility index (Phi) is 3.69. The van der Waals surface area contributed by atoms with Crippen LogP contribution in [0.5, 0.6) is 0 Å². The van der Waals surface area contributed by atoms with E-state index in [0.717, 1.165) is 0 Å². The van der Waals surface area contributed by atoms with Crippen molar-refractivity contribution in [3.63, 3.8) is 0 Å². The summed E-state index contributed by atoms with van der Waals surface area (Å²) in [5, 5.41) is 11.1. The number of carbonyl (C=O) groups is 1. The Morgan fingerprint density at radius 1 is 1.44 bits per heavy atom. The number of carbonyl (C=O) groups excluding carboxylic acids is 1. The fraction of sp³-hybridized carbons (Fsp3) is 0.100. The van der Waals surface area contributed by atoms with E-state index in [4.69, 9.17) is 28.9 Å². The highest BCUT2D eigenvalue weighted by Gasteiger charge is 2.08. The molecule has 1 heterocycles. The number of nitrogens with two attached hydrogens (primary N) is 1. The van der Waals surface area contributed by atoms with E-state index >= 15 is 0 Å². The van der Waals surface area contributed by atoms with Gasteiger partial charge in [-0.1, -0.05) is 23.2 Å². The second kappa shape index (κ2) is 5.24. The summed E-state index contributed by atoms with van der Waals surface area (Å²) in [5.41, 5.74) is 5.86. The van der Waals surface area contributed by atoms with Gasteiger partial charge in [-0.2, -0.15) is 9.90 Å². The molecule has 8 heteroatoms. The van der Waals surface area contributed by atoms with Crippen molar-refractivity contribution in [3.8, 4) is 0 Å². The predicted molar refractivity (Wildman–Crippen MR) is 69.5 cm³/mol. The van der Waals surface area contributed by atoms with E-state index < -0.39 is 0 Å². The second-order valence-corrected chi connectivity index (χ2v) is 4.32. The zero-order chi connectivity index (χ0) is 13.1. The fourth-order valence-corrected chi connectivity index (χ4v) is 1.75. The highest BCUT2D eigenvalue weighted by Crippen LogP contribution is 2.25. The Morgan fingerprint density at radius 3 is 2.83 bits per heavy atom. The summed E-state index contributed by atoms with van der Waals surface area (Å²) >= 11 is 11.7. The number of rotatable bonds is 3. The number of aromatic nitrogens is 3. The molecule has 6 nitrogen and oxygen atoms in total. The third-order valence-corrected chi connectivity index (χ3v) is 2.59. The number of nitrogen functional groups attached to an aromatic ring is 1. The van der Waals surface area contributed by atoms with Crippen LogP contribution in [0.4, 0.5) is 11.5 Å². The molecule has 0 saturated heterocycles. The average Bonchev–Trinajstić information content (AvgIpc) is 2.68. The summed E-state index contributed by atoms with van der Waals surface area (Å²) in [4.78, 5) is 12.9. The number of hydrogen-bond acceptors (Lipinski definition) is 4. The number of nitrogens with one attached hydrogen (secondary N) is 1. The van der Waals surface area contributed by atoms with Gasteiger partial charge in [-0.3, -0.25) is 4.79 Å². The average molecular weight is 286 g/mol. The summed E-state index contributed by atoms with van der Waals surface area (Å²) in [6, 6.07) is 4.80. The van der Waals surface area contributed by atoms with E-state index in [9.17, 15) is 4.79 Å². The van der Waals surface area contributed by atoms with Crippen LogP contribution in [0.15, 0.2) is 24.4 Å². The van der Waals surface area contributed by atoms with E-state index in [0.29, 0.717) is 15.7 Å². The summed E-state index contributed by atoms with van der Waals surface area (Å²) in [6.07, 6.45) is 1.36. The molecule has 0 aliphatic rings. The number of amides is 1. The van der Waals surface area contributed by atoms with E-state index in [1.165, 1.54) is 11.0 Å². The normalized spacial score (nSPS) is 10.3. The zero-order valence-corrected chi connectivity index (χ0v) is 10.6. The monoisotopic (exact) mass is 285 g/mol. The van der Waals surface area contributed by atoms with Gasteiger partial charge < -0.3 is 11.1 Å². The van der Waals surface area contributed by atoms with Gasteiger partial charge in [0.15, 0.2) is 5.82 Å². The first-order valence-electron chi connectivity index (χ1n) is 4.95. The summed E-state index contributed by atoms with van der Waals surface area (Å²) < 4.78 is 0. The van der Waals surface area contributed by atoms with Crippen molar-refractivity contribution in [3.05, 3.63) is 34.4 Å². The van der Waals surface area contributed by atoms with Crippen molar-refractivity contribution < 1.29 is 4.79 Å². The van der Waals surface area contributed by atoms with Crippen LogP contribution in [0, 0.1) is 0 Å². The fourth-order valence-electron chi connectivity index (χ4n) is 1.30. The summed E-state index contributed by atoms with van der Waals surface area (Å²) in [7, 11) is 0. The van der Waals surface area contributed by atoms with E-state index in [-0.39, 0.29) is 18.3 Å². The van der Waals surface area contributed by atoms with Gasteiger partial charge in [-0.15, -0.1) is 5.10 Å². The Bertz CT molecular complexity index is 583. The van der Waals surface area contributed by atoms with Crippen molar-refractivity contribution >= 4 is 40.6 Å². The molecule has 3 N–H and O–H groups in total. The van der Waals surface area contributed by atoms with Gasteiger partial charge in [0.05, 0.1) is 16.9 Å². The molecule has 0 saturated carbocycles. The summed E-state index contributed by atoms with van der Waals surface area (Å²) in [5.74, 6) is -0.0536. The van der Waals surface area contributed by atoms with Crippen LogP contribution >= 0.6 is 23.2 Å². The Labute approximate surface area is 113 Å². The summed E-state index contributed by atoms with van der Waals surface area (Å²) in [6.45, 7) is -0.0455. The lowest BCUT2D eigenvalue weighted by atomic mass is 10.3. The van der Waals surface area contributed by atoms with Gasteiger partial charge >= 0.3 is 0 Å². The lowest BCUT2D eigenvalue weighted by Gasteiger charge is -2.06. The molecule has 1 amide bonds. The van der Waals surface area contributed by atoms with E-state index in [2.05, 4.69) is 15.5 Å². The van der Waals surface area contributed by atoms with Crippen molar-refractivity contribution in [2.24, 2.45) is 0 Å². The van der Waals surface area contributed by atoms with Gasteiger partial charge in [-0.25, -0.2) is 0 Å². The molecule has 94 valence electrons. The molecule has 0 atom stereocenters. The van der Waals surface area contributed by atoms with Crippen molar-refractivity contribution in [2.45, 2.75) is 6.54 Å². The molecule has 0 aliphatic carbocycles. The van der Waals surface area contributed by atoms with E-state index in [1.54, 1.807) is 18.2 Å². The molecule has 2 rings (SSSR count). The molecule has 18 heavy (non-hydrogen) atoms. The van der Waals surface area contributed by atoms with Crippen LogP contribution in [-0.2, 0) is 11.3 Å². The Balaban J connectivity index is 2.03. The molecule has 0 fully saturated rings. The van der Waals surface area contributed by atoms with Crippen LogP contribution in [0.2, 0.25) is 10.0 Å². The first-order valence-corrected chi connectivity index (χ1v) is 5.70. The number of nitrogens with zero attached hydrogens (tertiary/aromatic N) is 3. The molecule has 1 aromatic heterocycles. The van der Waals surface area contributed by atoms with E-state index in [1.807, 2.05) is 0 Å². The van der Waals surface area contributed by atoms with Crippen LogP contribution in [-0.4, -0.2) is 20.9 Å². The molecule has 0 spiro atoms. The number of anilines is 2. The molecular weight excluding hydrogens is 277 g/mol. The van der Waals surface area contributed by atoms with Gasteiger partial charge in [0, 0.05) is 5.02 Å². The lowest BCUT2D eigenvalue weighted by molar-refractivity contribution is -0.117. The van der Waals surface area contributed by atoms with Gasteiger partial charge in [0.2, 0.25) is 5.91 Å². The maximum Gasteiger partial charge on any atom is 0.248 e. The lowest BCUT2D eigenvalue weighted by Crippen LogP contribution is -2.20. The minimum absolute atomic E-state index is 0.0455. The smallest absolute Gasteiger partial charge is 0.248 e. The molecule has 0 aliphatic heterocycles. The molecular formula is C10H9Cl2N5O. The van der Waals surface area contributed by atoms with Gasteiger partial charge in [0.25, 0.3) is 0 Å². The molecule has 2 aromatic rings. The molecule has 0 unspecified atom stereocenters. The first-order chi connectivity index (χ1) is 8.54. The second-order valence-electron chi connectivity index (χ2n) is 3.47. The van der Waals surface area contributed by atoms with Crippen molar-refractivity contribution in [1.29, 1.82) is 0 Å². The number of benzene rings is 1.